The Kier molecular flexibility index (Phi) is 21.2. The van der Waals surface area contributed by atoms with Crippen molar-refractivity contribution in [1.82, 2.24) is 0 Å². The Labute approximate surface area is 83.3 Å². The van der Waals surface area contributed by atoms with Crippen LogP contribution in [0.5, 0.6) is 0 Å². The van der Waals surface area contributed by atoms with Gasteiger partial charge in [0, 0.05) is 20.3 Å². The van der Waals surface area contributed by atoms with Gasteiger partial charge in [0.2, 0.25) is 0 Å². The Bertz CT molecular complexity index is 49.5. The quantitative estimate of drug-likeness (QED) is 0.693. The lowest BCUT2D eigenvalue weighted by molar-refractivity contribution is 0.198. The minimum atomic E-state index is 1.00. The topological polar surface area (TPSA) is 29.5 Å². The van der Waals surface area contributed by atoms with Crippen LogP contribution in [0, 0.1) is 0 Å². The summed E-state index contributed by atoms with van der Waals surface area (Å²) in [5.41, 5.74) is 0. The van der Waals surface area contributed by atoms with Crippen molar-refractivity contribution >= 4 is 0 Å². The first-order chi connectivity index (χ1) is 6.41. The van der Waals surface area contributed by atoms with Gasteiger partial charge in [-0.1, -0.05) is 39.5 Å². The molecule has 0 aromatic carbocycles. The van der Waals surface area contributed by atoms with Gasteiger partial charge in [0.05, 0.1) is 0 Å². The number of unbranched alkanes of at least 4 members (excludes halogenated alkanes) is 3. The van der Waals surface area contributed by atoms with Gasteiger partial charge in [0.1, 0.15) is 0 Å². The van der Waals surface area contributed by atoms with Gasteiger partial charge in [-0.2, -0.15) is 0 Å². The van der Waals surface area contributed by atoms with E-state index in [1.54, 1.807) is 0 Å². The maximum atomic E-state index is 7.00. The summed E-state index contributed by atoms with van der Waals surface area (Å²) >= 11 is 0. The molecule has 1 saturated heterocycles. The second kappa shape index (κ2) is 17.9. The summed E-state index contributed by atoms with van der Waals surface area (Å²) in [4.78, 5) is 0. The smallest absolute Gasteiger partial charge is 0.0466 e. The molecular formula is C11H26O2. The van der Waals surface area contributed by atoms with E-state index in [0.717, 1.165) is 20.3 Å². The highest BCUT2D eigenvalue weighted by Gasteiger charge is 1.94. The molecule has 1 fully saturated rings. The zero-order valence-corrected chi connectivity index (χ0v) is 9.51. The Morgan fingerprint density at radius 1 is 0.923 bits per heavy atom. The lowest BCUT2D eigenvalue weighted by atomic mass is 10.2. The zero-order chi connectivity index (χ0) is 10.4. The lowest BCUT2D eigenvalue weighted by Crippen LogP contribution is -1.74. The standard InChI is InChI=1S/C6H14.C4H8O.CH4O/c1-3-5-6-4-2;1-2-4-5-3-1;1-2/h3-6H2,1-2H3;1-4H2;2H,1H3. The van der Waals surface area contributed by atoms with E-state index in [9.17, 15) is 0 Å². The first kappa shape index (κ1) is 15.4. The van der Waals surface area contributed by atoms with Crippen molar-refractivity contribution in [2.45, 2.75) is 52.4 Å². The minimum Gasteiger partial charge on any atom is -0.400 e. The highest BCUT2D eigenvalue weighted by molar-refractivity contribution is 4.43. The molecular weight excluding hydrogens is 164 g/mol. The summed E-state index contributed by atoms with van der Waals surface area (Å²) in [5.74, 6) is 0. The predicted molar refractivity (Wildman–Crippen MR) is 58.0 cm³/mol. The Morgan fingerprint density at radius 3 is 1.46 bits per heavy atom. The van der Waals surface area contributed by atoms with E-state index >= 15 is 0 Å². The molecule has 0 atom stereocenters. The van der Waals surface area contributed by atoms with Gasteiger partial charge in [-0.15, -0.1) is 0 Å². The molecule has 0 bridgehead atoms. The number of aliphatic hydroxyl groups is 1. The van der Waals surface area contributed by atoms with E-state index in [4.69, 9.17) is 9.84 Å². The van der Waals surface area contributed by atoms with Gasteiger partial charge >= 0.3 is 0 Å². The molecule has 0 spiro atoms. The van der Waals surface area contributed by atoms with Crippen molar-refractivity contribution in [2.75, 3.05) is 20.3 Å². The molecule has 0 aliphatic carbocycles. The second-order valence-corrected chi connectivity index (χ2v) is 3.03. The third-order valence-electron chi connectivity index (χ3n) is 1.78. The van der Waals surface area contributed by atoms with Crippen LogP contribution in [0.15, 0.2) is 0 Å². The van der Waals surface area contributed by atoms with E-state index < -0.39 is 0 Å². The van der Waals surface area contributed by atoms with Crippen LogP contribution in [0.1, 0.15) is 52.4 Å². The van der Waals surface area contributed by atoms with Gasteiger partial charge in [0.15, 0.2) is 0 Å². The SMILES string of the molecule is C1CCOC1.CCCCCC.CO. The van der Waals surface area contributed by atoms with Crippen molar-refractivity contribution in [3.8, 4) is 0 Å². The molecule has 0 saturated carbocycles. The van der Waals surface area contributed by atoms with E-state index in [1.165, 1.54) is 38.5 Å². The summed E-state index contributed by atoms with van der Waals surface area (Å²) in [6.45, 7) is 6.46. The van der Waals surface area contributed by atoms with Crippen LogP contribution in [0.3, 0.4) is 0 Å². The number of ether oxygens (including phenoxy) is 1. The number of hydrogen-bond donors (Lipinski definition) is 1. The fraction of sp³-hybridized carbons (Fsp3) is 1.00. The molecule has 2 nitrogen and oxygen atoms in total. The number of hydrogen-bond acceptors (Lipinski definition) is 2. The van der Waals surface area contributed by atoms with Crippen molar-refractivity contribution in [2.24, 2.45) is 0 Å². The summed E-state index contributed by atoms with van der Waals surface area (Å²) in [7, 11) is 1.00. The van der Waals surface area contributed by atoms with E-state index in [0.29, 0.717) is 0 Å². The van der Waals surface area contributed by atoms with Crippen LogP contribution >= 0.6 is 0 Å². The summed E-state index contributed by atoms with van der Waals surface area (Å²) in [5, 5.41) is 7.00. The minimum absolute atomic E-state index is 1.00. The van der Waals surface area contributed by atoms with E-state index in [2.05, 4.69) is 13.8 Å². The van der Waals surface area contributed by atoms with Gasteiger partial charge < -0.3 is 9.84 Å². The molecule has 1 N–H and O–H groups in total. The van der Waals surface area contributed by atoms with Crippen molar-refractivity contribution in [3.05, 3.63) is 0 Å². The molecule has 0 aromatic rings. The second-order valence-electron chi connectivity index (χ2n) is 3.03. The van der Waals surface area contributed by atoms with Gasteiger partial charge in [0.25, 0.3) is 0 Å². The maximum Gasteiger partial charge on any atom is 0.0466 e. The summed E-state index contributed by atoms with van der Waals surface area (Å²) in [6, 6.07) is 0. The summed E-state index contributed by atoms with van der Waals surface area (Å²) < 4.78 is 4.94. The average Bonchev–Trinajstić information content (AvgIpc) is 2.76. The molecule has 0 aromatic heterocycles. The molecule has 0 amide bonds. The predicted octanol–water partition coefficient (Wildman–Crippen LogP) is 2.99. The third-order valence-corrected chi connectivity index (χ3v) is 1.78. The van der Waals surface area contributed by atoms with Crippen LogP contribution in [-0.4, -0.2) is 25.4 Å². The number of rotatable bonds is 3. The molecule has 1 heterocycles. The fourth-order valence-electron chi connectivity index (χ4n) is 1.01. The maximum absolute atomic E-state index is 7.00. The van der Waals surface area contributed by atoms with Crippen LogP contribution < -0.4 is 0 Å². The Balaban J connectivity index is 0. The largest absolute Gasteiger partial charge is 0.400 e. The molecule has 1 aliphatic rings. The third kappa shape index (κ3) is 18.7. The fourth-order valence-corrected chi connectivity index (χ4v) is 1.01. The number of aliphatic hydroxyl groups excluding tert-OH is 1. The molecule has 0 radical (unpaired) electrons. The molecule has 1 rings (SSSR count). The molecule has 0 unspecified atom stereocenters. The van der Waals surface area contributed by atoms with Gasteiger partial charge in [-0.25, -0.2) is 0 Å². The van der Waals surface area contributed by atoms with Crippen LogP contribution in [-0.2, 0) is 4.74 Å². The Hall–Kier alpha value is -0.0800. The molecule has 13 heavy (non-hydrogen) atoms. The van der Waals surface area contributed by atoms with Crippen molar-refractivity contribution in [3.63, 3.8) is 0 Å². The highest BCUT2D eigenvalue weighted by atomic mass is 16.5. The average molecular weight is 190 g/mol. The normalized spacial score (nSPS) is 13.8. The van der Waals surface area contributed by atoms with Gasteiger partial charge in [-0.05, 0) is 12.8 Å². The first-order valence-electron chi connectivity index (χ1n) is 5.44. The van der Waals surface area contributed by atoms with Crippen molar-refractivity contribution < 1.29 is 9.84 Å². The van der Waals surface area contributed by atoms with Crippen LogP contribution in [0.4, 0.5) is 0 Å². The monoisotopic (exact) mass is 190 g/mol. The molecule has 82 valence electrons. The molecule has 2 heteroatoms. The summed E-state index contributed by atoms with van der Waals surface area (Å²) in [6.07, 6.45) is 8.09. The highest BCUT2D eigenvalue weighted by Crippen LogP contribution is 1.98. The zero-order valence-electron chi connectivity index (χ0n) is 9.51. The van der Waals surface area contributed by atoms with Crippen LogP contribution in [0.2, 0.25) is 0 Å². The lowest BCUT2D eigenvalue weighted by Gasteiger charge is -1.86. The van der Waals surface area contributed by atoms with E-state index in [1.807, 2.05) is 0 Å². The Morgan fingerprint density at radius 2 is 1.31 bits per heavy atom. The first-order valence-corrected chi connectivity index (χ1v) is 5.44. The van der Waals surface area contributed by atoms with Crippen LogP contribution in [0.25, 0.3) is 0 Å². The van der Waals surface area contributed by atoms with Crippen molar-refractivity contribution in [1.29, 1.82) is 0 Å². The molecule has 1 aliphatic heterocycles. The van der Waals surface area contributed by atoms with Gasteiger partial charge in [-0.3, -0.25) is 0 Å². The van der Waals surface area contributed by atoms with E-state index in [-0.39, 0.29) is 0 Å².